The predicted molar refractivity (Wildman–Crippen MR) is 69.1 cm³/mol. The number of aryl methyl sites for hydroxylation is 1. The number of nitrogens with zero attached hydrogens (tertiary/aromatic N) is 1. The Labute approximate surface area is 108 Å². The van der Waals surface area contributed by atoms with Crippen molar-refractivity contribution in [3.05, 3.63) is 23.8 Å². The summed E-state index contributed by atoms with van der Waals surface area (Å²) in [5.74, 6) is 0.657. The second-order valence-electron chi connectivity index (χ2n) is 4.54. The van der Waals surface area contributed by atoms with Crippen molar-refractivity contribution in [1.29, 1.82) is 0 Å². The fourth-order valence-corrected chi connectivity index (χ4v) is 3.87. The zero-order valence-corrected chi connectivity index (χ0v) is 11.4. The molecule has 1 saturated heterocycles. The van der Waals surface area contributed by atoms with Gasteiger partial charge in [0.1, 0.15) is 5.75 Å². The van der Waals surface area contributed by atoms with Crippen molar-refractivity contribution in [2.24, 2.45) is 5.73 Å². The molecule has 0 aliphatic carbocycles. The van der Waals surface area contributed by atoms with Crippen molar-refractivity contribution in [2.45, 2.75) is 24.3 Å². The van der Waals surface area contributed by atoms with Gasteiger partial charge in [-0.3, -0.25) is 0 Å². The van der Waals surface area contributed by atoms with E-state index in [0.717, 1.165) is 0 Å². The molecule has 1 fully saturated rings. The molecule has 100 valence electrons. The first-order valence-corrected chi connectivity index (χ1v) is 7.29. The van der Waals surface area contributed by atoms with Crippen molar-refractivity contribution in [3.8, 4) is 5.75 Å². The van der Waals surface area contributed by atoms with Crippen LogP contribution in [0, 0.1) is 6.92 Å². The molecule has 0 radical (unpaired) electrons. The fourth-order valence-electron chi connectivity index (χ4n) is 2.15. The summed E-state index contributed by atoms with van der Waals surface area (Å²) < 4.78 is 31.4. The van der Waals surface area contributed by atoms with Crippen LogP contribution in [0.1, 0.15) is 12.0 Å². The van der Waals surface area contributed by atoms with E-state index in [2.05, 4.69) is 0 Å². The molecule has 2 rings (SSSR count). The molecule has 2 N–H and O–H groups in total. The van der Waals surface area contributed by atoms with Gasteiger partial charge in [-0.05, 0) is 37.1 Å². The molecule has 1 aliphatic rings. The third kappa shape index (κ3) is 2.36. The summed E-state index contributed by atoms with van der Waals surface area (Å²) >= 11 is 0. The van der Waals surface area contributed by atoms with Gasteiger partial charge in [-0.2, -0.15) is 4.31 Å². The number of hydrogen-bond donors (Lipinski definition) is 1. The van der Waals surface area contributed by atoms with Gasteiger partial charge in [0.05, 0.1) is 12.0 Å². The smallest absolute Gasteiger partial charge is 0.243 e. The van der Waals surface area contributed by atoms with Gasteiger partial charge < -0.3 is 10.5 Å². The summed E-state index contributed by atoms with van der Waals surface area (Å²) in [6.45, 7) is 2.66. The van der Waals surface area contributed by atoms with E-state index in [9.17, 15) is 8.42 Å². The molecule has 18 heavy (non-hydrogen) atoms. The average Bonchev–Trinajstić information content (AvgIpc) is 2.76. The lowest BCUT2D eigenvalue weighted by Crippen LogP contribution is -2.32. The number of methoxy groups -OCH3 is 1. The lowest BCUT2D eigenvalue weighted by atomic mass is 10.2. The highest BCUT2D eigenvalue weighted by Crippen LogP contribution is 2.26. The van der Waals surface area contributed by atoms with E-state index in [1.165, 1.54) is 4.31 Å². The normalized spacial score (nSPS) is 21.2. The summed E-state index contributed by atoms with van der Waals surface area (Å²) in [5.41, 5.74) is 6.45. The van der Waals surface area contributed by atoms with Crippen LogP contribution in [0.3, 0.4) is 0 Å². The average molecular weight is 270 g/mol. The minimum absolute atomic E-state index is 0.0571. The highest BCUT2D eigenvalue weighted by Gasteiger charge is 2.31. The van der Waals surface area contributed by atoms with Gasteiger partial charge in [0.25, 0.3) is 0 Å². The topological polar surface area (TPSA) is 72.6 Å². The minimum Gasteiger partial charge on any atom is -0.497 e. The number of rotatable bonds is 3. The second kappa shape index (κ2) is 4.87. The standard InChI is InChI=1S/C12H18N2O3S/c1-9-7-11(17-2)3-4-12(9)18(15,16)14-6-5-10(13)8-14/h3-4,7,10H,5-6,8,13H2,1-2H3/t10-/m0/s1. The zero-order valence-electron chi connectivity index (χ0n) is 10.6. The first kappa shape index (κ1) is 13.3. The van der Waals surface area contributed by atoms with E-state index in [0.29, 0.717) is 35.7 Å². The number of hydrogen-bond acceptors (Lipinski definition) is 4. The van der Waals surface area contributed by atoms with Crippen LogP contribution in [0.4, 0.5) is 0 Å². The summed E-state index contributed by atoms with van der Waals surface area (Å²) in [6.07, 6.45) is 0.717. The Balaban J connectivity index is 2.36. The van der Waals surface area contributed by atoms with Gasteiger partial charge in [-0.1, -0.05) is 0 Å². The van der Waals surface area contributed by atoms with Gasteiger partial charge >= 0.3 is 0 Å². The number of nitrogens with two attached hydrogens (primary N) is 1. The summed E-state index contributed by atoms with van der Waals surface area (Å²) in [7, 11) is -1.87. The monoisotopic (exact) mass is 270 g/mol. The fraction of sp³-hybridized carbons (Fsp3) is 0.500. The largest absolute Gasteiger partial charge is 0.497 e. The second-order valence-corrected chi connectivity index (χ2v) is 6.45. The molecule has 1 atom stereocenters. The van der Waals surface area contributed by atoms with Crippen LogP contribution in [0.5, 0.6) is 5.75 Å². The Morgan fingerprint density at radius 3 is 2.67 bits per heavy atom. The number of sulfonamides is 1. The molecule has 1 aromatic carbocycles. The van der Waals surface area contributed by atoms with E-state index in [1.54, 1.807) is 32.2 Å². The molecular formula is C12H18N2O3S. The molecule has 6 heteroatoms. The first-order valence-electron chi connectivity index (χ1n) is 5.85. The third-order valence-electron chi connectivity index (χ3n) is 3.19. The Morgan fingerprint density at radius 1 is 1.44 bits per heavy atom. The van der Waals surface area contributed by atoms with Crippen LogP contribution in [0.25, 0.3) is 0 Å². The van der Waals surface area contributed by atoms with Crippen LogP contribution < -0.4 is 10.5 Å². The maximum Gasteiger partial charge on any atom is 0.243 e. The van der Waals surface area contributed by atoms with Crippen LogP contribution >= 0.6 is 0 Å². The summed E-state index contributed by atoms with van der Waals surface area (Å²) in [4.78, 5) is 0.331. The van der Waals surface area contributed by atoms with Gasteiger partial charge in [-0.15, -0.1) is 0 Å². The lowest BCUT2D eigenvalue weighted by Gasteiger charge is -2.17. The van der Waals surface area contributed by atoms with Crippen molar-refractivity contribution < 1.29 is 13.2 Å². The van der Waals surface area contributed by atoms with E-state index < -0.39 is 10.0 Å². The van der Waals surface area contributed by atoms with Crippen LogP contribution in [-0.2, 0) is 10.0 Å². The molecule has 0 aromatic heterocycles. The van der Waals surface area contributed by atoms with E-state index in [1.807, 2.05) is 0 Å². The van der Waals surface area contributed by atoms with Crippen molar-refractivity contribution in [3.63, 3.8) is 0 Å². The Morgan fingerprint density at radius 2 is 2.17 bits per heavy atom. The lowest BCUT2D eigenvalue weighted by molar-refractivity contribution is 0.414. The van der Waals surface area contributed by atoms with Gasteiger partial charge in [0.2, 0.25) is 10.0 Å². The highest BCUT2D eigenvalue weighted by molar-refractivity contribution is 7.89. The van der Waals surface area contributed by atoms with Crippen LogP contribution in [0.2, 0.25) is 0 Å². The van der Waals surface area contributed by atoms with E-state index in [4.69, 9.17) is 10.5 Å². The molecule has 0 amide bonds. The van der Waals surface area contributed by atoms with Gasteiger partial charge in [-0.25, -0.2) is 8.42 Å². The first-order chi connectivity index (χ1) is 8.45. The van der Waals surface area contributed by atoms with Crippen molar-refractivity contribution in [2.75, 3.05) is 20.2 Å². The molecule has 1 aliphatic heterocycles. The SMILES string of the molecule is COc1ccc(S(=O)(=O)N2CC[C@H](N)C2)c(C)c1. The number of ether oxygens (including phenoxy) is 1. The molecule has 5 nitrogen and oxygen atoms in total. The Hall–Kier alpha value is -1.11. The van der Waals surface area contributed by atoms with Crippen molar-refractivity contribution >= 4 is 10.0 Å². The van der Waals surface area contributed by atoms with Crippen molar-refractivity contribution in [1.82, 2.24) is 4.31 Å². The minimum atomic E-state index is -3.43. The van der Waals surface area contributed by atoms with Gasteiger partial charge in [0, 0.05) is 19.1 Å². The molecule has 0 unspecified atom stereocenters. The van der Waals surface area contributed by atoms with Crippen LogP contribution in [-0.4, -0.2) is 39.0 Å². The molecule has 1 heterocycles. The maximum absolute atomic E-state index is 12.4. The zero-order chi connectivity index (χ0) is 13.3. The molecule has 0 bridgehead atoms. The van der Waals surface area contributed by atoms with Gasteiger partial charge in [0.15, 0.2) is 0 Å². The highest BCUT2D eigenvalue weighted by atomic mass is 32.2. The molecule has 0 spiro atoms. The Kier molecular flexibility index (Phi) is 3.61. The quantitative estimate of drug-likeness (QED) is 0.878. The summed E-state index contributed by atoms with van der Waals surface area (Å²) in [6, 6.07) is 4.92. The molecule has 0 saturated carbocycles. The molecule has 1 aromatic rings. The Bertz CT molecular complexity index is 542. The third-order valence-corrected chi connectivity index (χ3v) is 5.21. The summed E-state index contributed by atoms with van der Waals surface area (Å²) in [5, 5.41) is 0. The van der Waals surface area contributed by atoms with E-state index in [-0.39, 0.29) is 6.04 Å². The predicted octanol–water partition coefficient (Wildman–Crippen LogP) is 0.725. The maximum atomic E-state index is 12.4. The number of benzene rings is 1. The van der Waals surface area contributed by atoms with Crippen LogP contribution in [0.15, 0.2) is 23.1 Å². The van der Waals surface area contributed by atoms with E-state index >= 15 is 0 Å². The molecular weight excluding hydrogens is 252 g/mol.